The molecule has 0 spiro atoms. The van der Waals surface area contributed by atoms with Crippen molar-refractivity contribution in [2.24, 2.45) is 11.7 Å². The number of ether oxygens (including phenoxy) is 2. The topological polar surface area (TPSA) is 90.7 Å². The lowest BCUT2D eigenvalue weighted by Crippen LogP contribution is -2.51. The SMILES string of the molecule is CC(C)CC(N)C(=O)NC(Cc1ccc(OCc2ccccc2)cc1)C(=O)OC(C)(C)C. The van der Waals surface area contributed by atoms with E-state index in [0.717, 1.165) is 16.9 Å². The van der Waals surface area contributed by atoms with Crippen molar-refractivity contribution < 1.29 is 19.1 Å². The Labute approximate surface area is 191 Å². The molecule has 2 aromatic carbocycles. The van der Waals surface area contributed by atoms with Crippen molar-refractivity contribution in [3.05, 3.63) is 65.7 Å². The molecule has 0 aromatic heterocycles. The fourth-order valence-electron chi connectivity index (χ4n) is 3.16. The van der Waals surface area contributed by atoms with Crippen LogP contribution in [0.2, 0.25) is 0 Å². The Morgan fingerprint density at radius 2 is 1.59 bits per heavy atom. The van der Waals surface area contributed by atoms with E-state index >= 15 is 0 Å². The fraction of sp³-hybridized carbons (Fsp3) is 0.462. The van der Waals surface area contributed by atoms with E-state index in [1.54, 1.807) is 20.8 Å². The van der Waals surface area contributed by atoms with Crippen molar-refractivity contribution in [3.8, 4) is 5.75 Å². The molecule has 174 valence electrons. The number of hydrogen-bond donors (Lipinski definition) is 2. The molecular formula is C26H36N2O4. The number of carbonyl (C=O) groups is 2. The third kappa shape index (κ3) is 9.10. The molecule has 0 saturated carbocycles. The summed E-state index contributed by atoms with van der Waals surface area (Å²) in [7, 11) is 0. The van der Waals surface area contributed by atoms with Crippen LogP contribution in [0.3, 0.4) is 0 Å². The predicted octanol–water partition coefficient (Wildman–Crippen LogP) is 4.01. The van der Waals surface area contributed by atoms with Crippen molar-refractivity contribution in [1.29, 1.82) is 0 Å². The number of carbonyl (C=O) groups excluding carboxylic acids is 2. The molecule has 6 heteroatoms. The summed E-state index contributed by atoms with van der Waals surface area (Å²) < 4.78 is 11.3. The van der Waals surface area contributed by atoms with Crippen LogP contribution < -0.4 is 15.8 Å². The number of esters is 1. The maximum atomic E-state index is 12.8. The summed E-state index contributed by atoms with van der Waals surface area (Å²) in [5.41, 5.74) is 7.32. The van der Waals surface area contributed by atoms with Gasteiger partial charge in [-0.05, 0) is 56.4 Å². The largest absolute Gasteiger partial charge is 0.489 e. The second kappa shape index (κ2) is 11.7. The second-order valence-electron chi connectivity index (χ2n) is 9.45. The summed E-state index contributed by atoms with van der Waals surface area (Å²) in [5, 5.41) is 2.78. The molecule has 0 aliphatic heterocycles. The van der Waals surface area contributed by atoms with Crippen LogP contribution in [0.1, 0.15) is 52.2 Å². The zero-order chi connectivity index (χ0) is 23.7. The van der Waals surface area contributed by atoms with Crippen LogP contribution in [0.4, 0.5) is 0 Å². The Hall–Kier alpha value is -2.86. The van der Waals surface area contributed by atoms with Crippen LogP contribution in [0, 0.1) is 5.92 Å². The second-order valence-corrected chi connectivity index (χ2v) is 9.45. The minimum Gasteiger partial charge on any atom is -0.489 e. The molecule has 6 nitrogen and oxygen atoms in total. The summed E-state index contributed by atoms with van der Waals surface area (Å²) >= 11 is 0. The molecule has 2 unspecified atom stereocenters. The third-order valence-corrected chi connectivity index (χ3v) is 4.68. The quantitative estimate of drug-likeness (QED) is 0.545. The maximum absolute atomic E-state index is 12.8. The van der Waals surface area contributed by atoms with Crippen molar-refractivity contribution >= 4 is 11.9 Å². The Morgan fingerprint density at radius 1 is 0.969 bits per heavy atom. The molecule has 0 radical (unpaired) electrons. The first-order valence-electron chi connectivity index (χ1n) is 11.1. The Kier molecular flexibility index (Phi) is 9.27. The number of hydrogen-bond acceptors (Lipinski definition) is 5. The van der Waals surface area contributed by atoms with Gasteiger partial charge in [0.2, 0.25) is 5.91 Å². The van der Waals surface area contributed by atoms with Crippen molar-refractivity contribution in [2.75, 3.05) is 0 Å². The first kappa shape index (κ1) is 25.4. The molecule has 0 saturated heterocycles. The van der Waals surface area contributed by atoms with E-state index in [2.05, 4.69) is 5.32 Å². The van der Waals surface area contributed by atoms with E-state index in [9.17, 15) is 9.59 Å². The number of amides is 1. The highest BCUT2D eigenvalue weighted by Gasteiger charge is 2.28. The zero-order valence-electron chi connectivity index (χ0n) is 19.8. The van der Waals surface area contributed by atoms with Gasteiger partial charge in [-0.3, -0.25) is 4.79 Å². The molecule has 0 aliphatic carbocycles. The Morgan fingerprint density at radius 3 is 2.16 bits per heavy atom. The van der Waals surface area contributed by atoms with Gasteiger partial charge in [-0.25, -0.2) is 4.79 Å². The highest BCUT2D eigenvalue weighted by atomic mass is 16.6. The van der Waals surface area contributed by atoms with Gasteiger partial charge in [0.25, 0.3) is 0 Å². The standard InChI is InChI=1S/C26H36N2O4/c1-18(2)15-22(27)24(29)28-23(25(30)32-26(3,4)5)16-19-11-13-21(14-12-19)31-17-20-9-7-6-8-10-20/h6-14,18,22-23H,15-17,27H2,1-5H3,(H,28,29). The molecule has 32 heavy (non-hydrogen) atoms. The van der Waals surface area contributed by atoms with Crippen LogP contribution in [-0.4, -0.2) is 29.6 Å². The van der Waals surface area contributed by atoms with E-state index in [1.165, 1.54) is 0 Å². The highest BCUT2D eigenvalue weighted by Crippen LogP contribution is 2.17. The van der Waals surface area contributed by atoms with Gasteiger partial charge in [-0.1, -0.05) is 56.3 Å². The van der Waals surface area contributed by atoms with E-state index in [0.29, 0.717) is 19.4 Å². The molecule has 2 aromatic rings. The van der Waals surface area contributed by atoms with Gasteiger partial charge in [0, 0.05) is 6.42 Å². The lowest BCUT2D eigenvalue weighted by molar-refractivity contribution is -0.158. The monoisotopic (exact) mass is 440 g/mol. The van der Waals surface area contributed by atoms with Gasteiger partial charge in [0.05, 0.1) is 6.04 Å². The van der Waals surface area contributed by atoms with Gasteiger partial charge in [0.15, 0.2) is 0 Å². The molecule has 0 fully saturated rings. The zero-order valence-corrected chi connectivity index (χ0v) is 19.8. The molecule has 2 rings (SSSR count). The summed E-state index contributed by atoms with van der Waals surface area (Å²) in [6.07, 6.45) is 0.842. The van der Waals surface area contributed by atoms with E-state index in [4.69, 9.17) is 15.2 Å². The first-order chi connectivity index (χ1) is 15.0. The lowest BCUT2D eigenvalue weighted by Gasteiger charge is -2.26. The third-order valence-electron chi connectivity index (χ3n) is 4.68. The normalized spacial score (nSPS) is 13.3. The van der Waals surface area contributed by atoms with Crippen molar-refractivity contribution in [2.45, 2.75) is 71.8 Å². The summed E-state index contributed by atoms with van der Waals surface area (Å²) in [4.78, 5) is 25.3. The van der Waals surface area contributed by atoms with Crippen LogP contribution in [0.25, 0.3) is 0 Å². The van der Waals surface area contributed by atoms with Gasteiger partial charge < -0.3 is 20.5 Å². The fourth-order valence-corrected chi connectivity index (χ4v) is 3.16. The summed E-state index contributed by atoms with van der Waals surface area (Å²) in [6, 6.07) is 15.9. The van der Waals surface area contributed by atoms with Gasteiger partial charge in [0.1, 0.15) is 24.0 Å². The Balaban J connectivity index is 2.05. The van der Waals surface area contributed by atoms with Crippen LogP contribution >= 0.6 is 0 Å². The minimum atomic E-state index is -0.823. The van der Waals surface area contributed by atoms with Crippen LogP contribution in [-0.2, 0) is 27.4 Å². The van der Waals surface area contributed by atoms with Gasteiger partial charge in [-0.15, -0.1) is 0 Å². The predicted molar refractivity (Wildman–Crippen MR) is 126 cm³/mol. The molecule has 0 aliphatic rings. The molecule has 3 N–H and O–H groups in total. The summed E-state index contributed by atoms with van der Waals surface area (Å²) in [5.74, 6) is 0.179. The highest BCUT2D eigenvalue weighted by molar-refractivity contribution is 5.87. The molecule has 0 heterocycles. The van der Waals surface area contributed by atoms with Crippen LogP contribution in [0.5, 0.6) is 5.75 Å². The summed E-state index contributed by atoms with van der Waals surface area (Å²) in [6.45, 7) is 9.87. The van der Waals surface area contributed by atoms with Crippen LogP contribution in [0.15, 0.2) is 54.6 Å². The number of nitrogens with one attached hydrogen (secondary N) is 1. The smallest absolute Gasteiger partial charge is 0.329 e. The average Bonchev–Trinajstić information content (AvgIpc) is 2.71. The molecule has 0 bridgehead atoms. The first-order valence-corrected chi connectivity index (χ1v) is 11.1. The Bertz CT molecular complexity index is 858. The molecule has 1 amide bonds. The van der Waals surface area contributed by atoms with Crippen molar-refractivity contribution in [3.63, 3.8) is 0 Å². The van der Waals surface area contributed by atoms with E-state index in [1.807, 2.05) is 68.4 Å². The van der Waals surface area contributed by atoms with Crippen molar-refractivity contribution in [1.82, 2.24) is 5.32 Å². The number of nitrogens with two attached hydrogens (primary N) is 1. The van der Waals surface area contributed by atoms with Gasteiger partial charge in [-0.2, -0.15) is 0 Å². The molecular weight excluding hydrogens is 404 g/mol. The van der Waals surface area contributed by atoms with E-state index < -0.39 is 23.7 Å². The molecule has 2 atom stereocenters. The average molecular weight is 441 g/mol. The van der Waals surface area contributed by atoms with Gasteiger partial charge >= 0.3 is 5.97 Å². The number of rotatable bonds is 10. The van der Waals surface area contributed by atoms with E-state index in [-0.39, 0.29) is 11.8 Å². The maximum Gasteiger partial charge on any atom is 0.329 e. The number of benzene rings is 2. The lowest BCUT2D eigenvalue weighted by atomic mass is 10.0. The minimum absolute atomic E-state index is 0.277.